The number of aliphatic carboxylic acids is 1. The number of carbonyl (C=O) groups is 2. The molecule has 1 aromatic rings. The monoisotopic (exact) mass is 295 g/mol. The normalized spacial score (nSPS) is 27.1. The molecule has 20 heavy (non-hydrogen) atoms. The van der Waals surface area contributed by atoms with Crippen molar-refractivity contribution in [3.05, 3.63) is 28.8 Å². The Morgan fingerprint density at radius 2 is 2.15 bits per heavy atom. The fraction of sp³-hybridized carbons (Fsp3) is 0.429. The Hall–Kier alpha value is -1.75. The van der Waals surface area contributed by atoms with Gasteiger partial charge in [0.25, 0.3) is 0 Å². The second-order valence-corrected chi connectivity index (χ2v) is 5.55. The number of ether oxygens (including phenoxy) is 1. The average Bonchev–Trinajstić information content (AvgIpc) is 3.20. The molecule has 0 radical (unpaired) electrons. The van der Waals surface area contributed by atoms with E-state index in [9.17, 15) is 9.59 Å². The van der Waals surface area contributed by atoms with E-state index in [-0.39, 0.29) is 11.9 Å². The van der Waals surface area contributed by atoms with Gasteiger partial charge in [-0.25, -0.2) is 0 Å². The van der Waals surface area contributed by atoms with Crippen LogP contribution >= 0.6 is 11.6 Å². The lowest BCUT2D eigenvalue weighted by molar-refractivity contribution is -0.140. The van der Waals surface area contributed by atoms with Gasteiger partial charge in [0.2, 0.25) is 5.91 Å². The highest BCUT2D eigenvalue weighted by molar-refractivity contribution is 6.32. The van der Waals surface area contributed by atoms with Gasteiger partial charge in [-0.15, -0.1) is 0 Å². The first kappa shape index (κ1) is 13.2. The van der Waals surface area contributed by atoms with E-state index in [1.807, 2.05) is 12.1 Å². The summed E-state index contributed by atoms with van der Waals surface area (Å²) in [5.41, 5.74) is 0.852. The Bertz CT molecular complexity index is 574. The molecule has 2 aliphatic rings. The second kappa shape index (κ2) is 4.98. The van der Waals surface area contributed by atoms with Crippen LogP contribution in [-0.2, 0) is 9.59 Å². The Morgan fingerprint density at radius 1 is 1.35 bits per heavy atom. The van der Waals surface area contributed by atoms with E-state index in [0.717, 1.165) is 5.56 Å². The number of hydrogen-bond acceptors (Lipinski definition) is 3. The van der Waals surface area contributed by atoms with Crippen LogP contribution < -0.4 is 10.1 Å². The minimum atomic E-state index is -0.902. The molecule has 0 aromatic heterocycles. The number of benzene rings is 1. The molecule has 1 heterocycles. The summed E-state index contributed by atoms with van der Waals surface area (Å²) in [6.07, 6.45) is 1.08. The van der Waals surface area contributed by atoms with Crippen molar-refractivity contribution >= 4 is 23.5 Å². The van der Waals surface area contributed by atoms with Crippen LogP contribution in [0.3, 0.4) is 0 Å². The number of nitrogens with one attached hydrogen (secondary N) is 1. The molecular formula is C14H14ClNO4. The molecule has 1 fully saturated rings. The first-order chi connectivity index (χ1) is 9.58. The van der Waals surface area contributed by atoms with Crippen molar-refractivity contribution < 1.29 is 19.4 Å². The molecule has 5 nitrogen and oxygen atoms in total. The van der Waals surface area contributed by atoms with Crippen molar-refractivity contribution in [2.75, 3.05) is 6.61 Å². The summed E-state index contributed by atoms with van der Waals surface area (Å²) in [5, 5.41) is 12.3. The maximum Gasteiger partial charge on any atom is 0.307 e. The van der Waals surface area contributed by atoms with Gasteiger partial charge in [-0.2, -0.15) is 0 Å². The molecular weight excluding hydrogens is 282 g/mol. The molecule has 0 saturated heterocycles. The third-order valence-corrected chi connectivity index (χ3v) is 4.08. The molecule has 3 atom stereocenters. The third-order valence-electron chi connectivity index (χ3n) is 3.79. The third kappa shape index (κ3) is 2.33. The number of carboxylic acids is 1. The Labute approximate surface area is 120 Å². The smallest absolute Gasteiger partial charge is 0.307 e. The Balaban J connectivity index is 1.73. The largest absolute Gasteiger partial charge is 0.492 e. The van der Waals surface area contributed by atoms with Gasteiger partial charge in [0, 0.05) is 12.0 Å². The molecule has 106 valence electrons. The molecule has 3 rings (SSSR count). The van der Waals surface area contributed by atoms with E-state index in [4.69, 9.17) is 21.4 Å². The molecule has 6 heteroatoms. The van der Waals surface area contributed by atoms with Crippen molar-refractivity contribution in [2.45, 2.75) is 18.9 Å². The van der Waals surface area contributed by atoms with E-state index < -0.39 is 17.8 Å². The van der Waals surface area contributed by atoms with E-state index in [0.29, 0.717) is 30.2 Å². The SMILES string of the molecule is O=C(O)[C@@H]1C[C@H]1C(=O)N[C@@H]1CCOc2c(Cl)cccc21. The quantitative estimate of drug-likeness (QED) is 0.894. The molecule has 1 saturated carbocycles. The zero-order valence-corrected chi connectivity index (χ0v) is 11.4. The van der Waals surface area contributed by atoms with Crippen LogP contribution in [0.5, 0.6) is 5.75 Å². The van der Waals surface area contributed by atoms with Gasteiger partial charge in [0.15, 0.2) is 0 Å². The van der Waals surface area contributed by atoms with Crippen LogP contribution in [0.2, 0.25) is 5.02 Å². The van der Waals surface area contributed by atoms with Crippen LogP contribution in [0.25, 0.3) is 0 Å². The number of fused-ring (bicyclic) bond motifs is 1. The fourth-order valence-electron chi connectivity index (χ4n) is 2.57. The number of rotatable bonds is 3. The minimum Gasteiger partial charge on any atom is -0.492 e. The molecule has 0 spiro atoms. The molecule has 0 bridgehead atoms. The maximum atomic E-state index is 12.0. The zero-order valence-electron chi connectivity index (χ0n) is 10.6. The number of halogens is 1. The van der Waals surface area contributed by atoms with E-state index in [1.54, 1.807) is 6.07 Å². The van der Waals surface area contributed by atoms with Crippen molar-refractivity contribution in [3.63, 3.8) is 0 Å². The zero-order chi connectivity index (χ0) is 14.3. The van der Waals surface area contributed by atoms with Crippen molar-refractivity contribution in [1.82, 2.24) is 5.32 Å². The number of carbonyl (C=O) groups excluding carboxylic acids is 1. The van der Waals surface area contributed by atoms with Gasteiger partial charge in [0.1, 0.15) is 5.75 Å². The van der Waals surface area contributed by atoms with Crippen molar-refractivity contribution in [1.29, 1.82) is 0 Å². The van der Waals surface area contributed by atoms with Gasteiger partial charge in [-0.1, -0.05) is 23.7 Å². The molecule has 1 aliphatic carbocycles. The molecule has 1 aromatic carbocycles. The number of hydrogen-bond donors (Lipinski definition) is 2. The van der Waals surface area contributed by atoms with Gasteiger partial charge in [-0.05, 0) is 12.5 Å². The van der Waals surface area contributed by atoms with E-state index >= 15 is 0 Å². The summed E-state index contributed by atoms with van der Waals surface area (Å²) in [6, 6.07) is 5.25. The van der Waals surface area contributed by atoms with Crippen LogP contribution in [0.4, 0.5) is 0 Å². The van der Waals surface area contributed by atoms with Crippen molar-refractivity contribution in [2.24, 2.45) is 11.8 Å². The molecule has 2 N–H and O–H groups in total. The minimum absolute atomic E-state index is 0.167. The Kier molecular flexibility index (Phi) is 3.30. The highest BCUT2D eigenvalue weighted by Gasteiger charge is 2.48. The first-order valence-corrected chi connectivity index (χ1v) is 6.90. The molecule has 1 amide bonds. The standard InChI is InChI=1S/C14H14ClNO4/c15-10-3-1-2-7-11(4-5-20-12(7)10)16-13(17)8-6-9(8)14(18)19/h1-3,8-9,11H,4-6H2,(H,16,17)(H,18,19)/t8-,9-,11-/m1/s1. The number of carboxylic acid groups (broad SMARTS) is 1. The highest BCUT2D eigenvalue weighted by atomic mass is 35.5. The number of amides is 1. The van der Waals surface area contributed by atoms with Gasteiger partial charge >= 0.3 is 5.97 Å². The second-order valence-electron chi connectivity index (χ2n) is 5.14. The average molecular weight is 296 g/mol. The summed E-state index contributed by atoms with van der Waals surface area (Å²) < 4.78 is 5.52. The van der Waals surface area contributed by atoms with Crippen LogP contribution in [0.15, 0.2) is 18.2 Å². The van der Waals surface area contributed by atoms with Gasteiger partial charge < -0.3 is 15.2 Å². The molecule has 1 aliphatic heterocycles. The van der Waals surface area contributed by atoms with E-state index in [2.05, 4.69) is 5.32 Å². The van der Waals surface area contributed by atoms with Crippen LogP contribution in [0.1, 0.15) is 24.4 Å². The fourth-order valence-corrected chi connectivity index (χ4v) is 2.81. The summed E-state index contributed by atoms with van der Waals surface area (Å²) in [7, 11) is 0. The van der Waals surface area contributed by atoms with Crippen LogP contribution in [0, 0.1) is 11.8 Å². The lowest BCUT2D eigenvalue weighted by atomic mass is 10.0. The summed E-state index contributed by atoms with van der Waals surface area (Å²) in [5.74, 6) is -1.43. The highest BCUT2D eigenvalue weighted by Crippen LogP contribution is 2.41. The van der Waals surface area contributed by atoms with E-state index in [1.165, 1.54) is 0 Å². The maximum absolute atomic E-state index is 12.0. The van der Waals surface area contributed by atoms with Crippen LogP contribution in [-0.4, -0.2) is 23.6 Å². The molecule has 0 unspecified atom stereocenters. The van der Waals surface area contributed by atoms with Crippen molar-refractivity contribution in [3.8, 4) is 5.75 Å². The lowest BCUT2D eigenvalue weighted by Crippen LogP contribution is -2.33. The Morgan fingerprint density at radius 3 is 2.85 bits per heavy atom. The lowest BCUT2D eigenvalue weighted by Gasteiger charge is -2.27. The van der Waals surface area contributed by atoms with Gasteiger partial charge in [-0.3, -0.25) is 9.59 Å². The van der Waals surface area contributed by atoms with Gasteiger partial charge in [0.05, 0.1) is 29.5 Å². The predicted octanol–water partition coefficient (Wildman–Crippen LogP) is 2.00. The summed E-state index contributed by atoms with van der Waals surface area (Å²) in [6.45, 7) is 0.481. The topological polar surface area (TPSA) is 75.6 Å². The number of para-hydroxylation sites is 1. The predicted molar refractivity (Wildman–Crippen MR) is 71.7 cm³/mol. The summed E-state index contributed by atoms with van der Waals surface area (Å²) in [4.78, 5) is 22.8. The summed E-state index contributed by atoms with van der Waals surface area (Å²) >= 11 is 6.07. The first-order valence-electron chi connectivity index (χ1n) is 6.52.